The van der Waals surface area contributed by atoms with Crippen LogP contribution in [0.1, 0.15) is 103 Å². The first kappa shape index (κ1) is 37.8. The average molecular weight is 715 g/mol. The van der Waals surface area contributed by atoms with Crippen LogP contribution in [-0.4, -0.2) is 71.3 Å². The number of fused-ring (bicyclic) bond motifs is 2. The topological polar surface area (TPSA) is 146 Å². The summed E-state index contributed by atoms with van der Waals surface area (Å²) in [6.07, 6.45) is 13.7. The molecule has 1 spiro atoms. The van der Waals surface area contributed by atoms with E-state index in [-0.39, 0.29) is 47.6 Å². The summed E-state index contributed by atoms with van der Waals surface area (Å²) in [5, 5.41) is 15.0. The van der Waals surface area contributed by atoms with Gasteiger partial charge in [0.1, 0.15) is 35.0 Å². The second kappa shape index (κ2) is 13.8. The highest BCUT2D eigenvalue weighted by Crippen LogP contribution is 2.68. The molecule has 5 atom stereocenters. The SMILES string of the molecule is CC(C)=CCCC1(C)C=Cc2c(O)c3c(c(CC=C(C)C)c2O1)OC12C(=CC4CC1C(C)(C)OC2(C/C=C(/C)C(=O)OCCNCCN)C4=O)C3=O. The highest BCUT2D eigenvalue weighted by molar-refractivity contribution is 6.19. The highest BCUT2D eigenvalue weighted by Gasteiger charge is 2.81. The zero-order valence-corrected chi connectivity index (χ0v) is 31.9. The van der Waals surface area contributed by atoms with Gasteiger partial charge in [0.25, 0.3) is 0 Å². The molecule has 6 aliphatic rings. The van der Waals surface area contributed by atoms with E-state index in [0.717, 1.165) is 12.0 Å². The summed E-state index contributed by atoms with van der Waals surface area (Å²) in [6.45, 7) is 17.4. The van der Waals surface area contributed by atoms with Gasteiger partial charge in [-0.2, -0.15) is 0 Å². The Labute approximate surface area is 307 Å². The zero-order valence-electron chi connectivity index (χ0n) is 31.9. The Morgan fingerprint density at radius 2 is 1.77 bits per heavy atom. The summed E-state index contributed by atoms with van der Waals surface area (Å²) in [6, 6.07) is 0. The molecule has 5 unspecified atom stereocenters. The molecule has 1 aromatic carbocycles. The van der Waals surface area contributed by atoms with E-state index in [1.807, 2.05) is 52.8 Å². The number of nitrogens with two attached hydrogens (primary N) is 1. The molecule has 3 heterocycles. The second-order valence-electron chi connectivity index (χ2n) is 16.1. The number of ether oxygens (including phenoxy) is 4. The minimum absolute atomic E-state index is 0.00350. The van der Waals surface area contributed by atoms with E-state index in [2.05, 4.69) is 25.2 Å². The van der Waals surface area contributed by atoms with E-state index < -0.39 is 34.3 Å². The lowest BCUT2D eigenvalue weighted by atomic mass is 9.51. The summed E-state index contributed by atoms with van der Waals surface area (Å²) >= 11 is 0. The third kappa shape index (κ3) is 6.06. The van der Waals surface area contributed by atoms with Gasteiger partial charge in [-0.3, -0.25) is 9.59 Å². The lowest BCUT2D eigenvalue weighted by Gasteiger charge is -2.56. The Bertz CT molecular complexity index is 1840. The van der Waals surface area contributed by atoms with Crippen LogP contribution in [0.2, 0.25) is 0 Å². The van der Waals surface area contributed by atoms with Gasteiger partial charge in [-0.25, -0.2) is 4.79 Å². The summed E-state index contributed by atoms with van der Waals surface area (Å²) < 4.78 is 26.4. The number of phenols is 1. The van der Waals surface area contributed by atoms with E-state index in [1.165, 1.54) is 5.57 Å². The van der Waals surface area contributed by atoms with Gasteiger partial charge in [-0.1, -0.05) is 35.5 Å². The van der Waals surface area contributed by atoms with Crippen molar-refractivity contribution in [2.24, 2.45) is 17.6 Å². The van der Waals surface area contributed by atoms with Gasteiger partial charge in [-0.05, 0) is 93.2 Å². The predicted octanol–water partition coefficient (Wildman–Crippen LogP) is 6.25. The highest BCUT2D eigenvalue weighted by atomic mass is 16.6. The number of phenolic OH excluding ortho intramolecular Hbond substituents is 1. The maximum atomic E-state index is 14.9. The molecule has 280 valence electrons. The molecule has 4 bridgehead atoms. The van der Waals surface area contributed by atoms with Gasteiger partial charge in [0, 0.05) is 54.6 Å². The molecule has 3 aliphatic carbocycles. The summed E-state index contributed by atoms with van der Waals surface area (Å²) in [7, 11) is 0. The minimum atomic E-state index is -1.61. The number of hydrogen-bond acceptors (Lipinski definition) is 10. The van der Waals surface area contributed by atoms with Gasteiger partial charge in [0.2, 0.25) is 0 Å². The van der Waals surface area contributed by atoms with E-state index in [1.54, 1.807) is 19.1 Å². The van der Waals surface area contributed by atoms with Crippen LogP contribution in [0.3, 0.4) is 0 Å². The van der Waals surface area contributed by atoms with E-state index in [4.69, 9.17) is 24.7 Å². The Hall–Kier alpha value is -3.99. The number of rotatable bonds is 13. The standard InChI is InChI=1S/C42H54N2O8/c1-24(2)10-9-15-40(8)16-14-28-33(45)32-34(46)30-22-27-23-31-39(6,7)52-41(37(27)47,17-13-26(5)38(48)49-21-20-44-19-18-43)42(30,31)51-36(32)29(35(28)50-40)12-11-25(3)4/h10-11,13-14,16,22,27,31,44-45H,9,12,15,17-21,23,43H2,1-8H3/b26-13-. The molecule has 1 aromatic rings. The van der Waals surface area contributed by atoms with Crippen molar-refractivity contribution in [2.75, 3.05) is 26.2 Å². The molecular weight excluding hydrogens is 660 g/mol. The molecule has 10 heteroatoms. The first-order valence-corrected chi connectivity index (χ1v) is 18.5. The predicted molar refractivity (Wildman–Crippen MR) is 200 cm³/mol. The first-order valence-electron chi connectivity index (χ1n) is 18.5. The van der Waals surface area contributed by atoms with Crippen LogP contribution in [0.15, 0.2) is 52.7 Å². The van der Waals surface area contributed by atoms with Crippen molar-refractivity contribution in [1.29, 1.82) is 0 Å². The minimum Gasteiger partial charge on any atom is -0.506 e. The lowest BCUT2D eigenvalue weighted by Crippen LogP contribution is -2.72. The molecule has 3 aliphatic heterocycles. The van der Waals surface area contributed by atoms with Crippen molar-refractivity contribution in [3.05, 3.63) is 69.4 Å². The number of hydrogen-bond donors (Lipinski definition) is 3. The number of ketones is 2. The van der Waals surface area contributed by atoms with Crippen molar-refractivity contribution < 1.29 is 38.4 Å². The number of aromatic hydroxyl groups is 1. The Morgan fingerprint density at radius 1 is 1.04 bits per heavy atom. The maximum Gasteiger partial charge on any atom is 0.333 e. The first-order chi connectivity index (χ1) is 24.5. The average Bonchev–Trinajstić information content (AvgIpc) is 3.23. The molecule has 2 fully saturated rings. The van der Waals surface area contributed by atoms with E-state index in [0.29, 0.717) is 66.9 Å². The third-order valence-corrected chi connectivity index (χ3v) is 11.3. The van der Waals surface area contributed by atoms with Crippen molar-refractivity contribution in [1.82, 2.24) is 5.32 Å². The number of benzene rings is 1. The maximum absolute atomic E-state index is 14.9. The quantitative estimate of drug-likeness (QED) is 0.0928. The smallest absolute Gasteiger partial charge is 0.333 e. The van der Waals surface area contributed by atoms with Gasteiger partial charge >= 0.3 is 5.97 Å². The number of Topliss-reactive ketones (excluding diaryl/α,β-unsaturated/α-hetero) is 2. The largest absolute Gasteiger partial charge is 0.506 e. The second-order valence-corrected chi connectivity index (χ2v) is 16.1. The lowest BCUT2D eigenvalue weighted by molar-refractivity contribution is -0.171. The summed E-state index contributed by atoms with van der Waals surface area (Å²) in [5.74, 6) is -1.56. The molecule has 1 saturated carbocycles. The molecule has 10 nitrogen and oxygen atoms in total. The van der Waals surface area contributed by atoms with Crippen molar-refractivity contribution in [3.63, 3.8) is 0 Å². The third-order valence-electron chi connectivity index (χ3n) is 11.3. The van der Waals surface area contributed by atoms with Crippen LogP contribution in [0.25, 0.3) is 6.08 Å². The molecule has 7 rings (SSSR count). The number of esters is 1. The molecule has 0 radical (unpaired) electrons. The van der Waals surface area contributed by atoms with Crippen LogP contribution in [0.5, 0.6) is 17.2 Å². The number of carbonyl (C=O) groups is 3. The van der Waals surface area contributed by atoms with Crippen molar-refractivity contribution >= 4 is 23.6 Å². The van der Waals surface area contributed by atoms with Gasteiger partial charge in [0.05, 0.1) is 11.2 Å². The van der Waals surface area contributed by atoms with Crippen LogP contribution < -0.4 is 20.5 Å². The molecule has 52 heavy (non-hydrogen) atoms. The molecule has 0 amide bonds. The molecule has 4 N–H and O–H groups in total. The number of nitrogens with one attached hydrogen (secondary N) is 1. The Morgan fingerprint density at radius 3 is 2.46 bits per heavy atom. The Balaban J connectivity index is 1.47. The number of allylic oxidation sites excluding steroid dienone is 5. The van der Waals surface area contributed by atoms with Crippen molar-refractivity contribution in [3.8, 4) is 17.2 Å². The van der Waals surface area contributed by atoms with Crippen LogP contribution in [0, 0.1) is 11.8 Å². The van der Waals surface area contributed by atoms with Crippen molar-refractivity contribution in [2.45, 2.75) is 110 Å². The van der Waals surface area contributed by atoms with Gasteiger partial charge < -0.3 is 35.1 Å². The van der Waals surface area contributed by atoms with E-state index >= 15 is 0 Å². The summed E-state index contributed by atoms with van der Waals surface area (Å²) in [4.78, 5) is 42.5. The van der Waals surface area contributed by atoms with Crippen LogP contribution in [0.4, 0.5) is 0 Å². The van der Waals surface area contributed by atoms with Gasteiger partial charge in [0.15, 0.2) is 22.8 Å². The fourth-order valence-corrected chi connectivity index (χ4v) is 8.72. The monoisotopic (exact) mass is 714 g/mol. The molecular formula is C42H54N2O8. The fourth-order valence-electron chi connectivity index (χ4n) is 8.72. The normalized spacial score (nSPS) is 28.9. The zero-order chi connectivity index (χ0) is 37.8. The van der Waals surface area contributed by atoms with Crippen LogP contribution >= 0.6 is 0 Å². The van der Waals surface area contributed by atoms with Crippen LogP contribution in [-0.2, 0) is 25.5 Å². The molecule has 0 aromatic heterocycles. The van der Waals surface area contributed by atoms with E-state index in [9.17, 15) is 19.5 Å². The Kier molecular flexibility index (Phi) is 10.00. The number of carbonyl (C=O) groups excluding carboxylic acids is 3. The molecule has 1 saturated heterocycles. The fraction of sp³-hybridized carbons (Fsp3) is 0.548. The van der Waals surface area contributed by atoms with Gasteiger partial charge in [-0.15, -0.1) is 0 Å². The summed E-state index contributed by atoms with van der Waals surface area (Å²) in [5.41, 5.74) is 4.93.